The molecule has 7 aromatic heterocycles. The summed E-state index contributed by atoms with van der Waals surface area (Å²) in [5, 5.41) is 21.4. The molecule has 0 saturated carbocycles. The van der Waals surface area contributed by atoms with Crippen LogP contribution in [-0.4, -0.2) is 130 Å². The summed E-state index contributed by atoms with van der Waals surface area (Å²) < 4.78 is 149. The van der Waals surface area contributed by atoms with Gasteiger partial charge in [-0.15, -0.1) is 0 Å². The molecule has 0 unspecified atom stereocenters. The molecule has 0 fully saturated rings. The van der Waals surface area contributed by atoms with Crippen molar-refractivity contribution in [2.24, 2.45) is 35.2 Å². The van der Waals surface area contributed by atoms with Gasteiger partial charge in [0.15, 0.2) is 0 Å². The first-order valence-corrected chi connectivity index (χ1v) is 33.7. The van der Waals surface area contributed by atoms with Gasteiger partial charge in [-0.1, -0.05) is 12.1 Å². The van der Waals surface area contributed by atoms with Gasteiger partial charge in [-0.3, -0.25) is 28.8 Å². The van der Waals surface area contributed by atoms with Gasteiger partial charge in [0, 0.05) is 94.6 Å². The number of carbonyl (C=O) groups is 6. The number of hydrogen-bond donors (Lipinski definition) is 9. The summed E-state index contributed by atoms with van der Waals surface area (Å²) in [5.41, 5.74) is 2.15. The standard InChI is InChI=1S/C59H53N17O18S4.4K/c1-29-61-58(69-34-15-44(60-23-34)52(77)65-35-16-45(72(2)24-35)53(78)63-32-9-7-30-11-40(95(83,84)85)21-50(42(30)13-32)97(89,90)91)71-59(62-29)70-39-20-49(76(6)28-39)57(82)68-38-19-48(75(5)27-38)56(81)67-37-18-47(74(4)26-37)55(80)66-36-17-46(73(3)25-36)54(79)64-33-10-8-31-12-41(96(86,87)88)22-51(43(31)14-33)98(92,93)94;;;;/h7-28,60H,1-6H3,(H,63,78)(H,64,79)(H,65,77)(H,66,80)(H,67,81)(H,68,82)(H,83,84,85)(H,86,87,88)(H,89,90,91)(H,92,93,94)(H2,61,62,69,70,71);;;;/q;4*+1/p-4. The molecule has 0 aliphatic rings. The number of carbonyl (C=O) groups excluding carboxylic acids is 6. The minimum atomic E-state index is -5.29. The third-order valence-corrected chi connectivity index (χ3v) is 18.2. The maximum Gasteiger partial charge on any atom is 1.00 e. The van der Waals surface area contributed by atoms with Crippen molar-refractivity contribution in [1.29, 1.82) is 0 Å². The first-order valence-electron chi connectivity index (χ1n) is 28.0. The maximum absolute atomic E-state index is 13.7. The van der Waals surface area contributed by atoms with E-state index in [9.17, 15) is 80.6 Å². The average molecular weight is 1570 g/mol. The van der Waals surface area contributed by atoms with Crippen LogP contribution < -0.4 is 248 Å². The van der Waals surface area contributed by atoms with Gasteiger partial charge in [-0.2, -0.15) is 15.0 Å². The first kappa shape index (κ1) is 84.0. The van der Waals surface area contributed by atoms with Gasteiger partial charge in [0.05, 0.1) is 53.7 Å². The third kappa shape index (κ3) is 19.6. The number of nitrogens with zero attached hydrogens (tertiary/aromatic N) is 8. The van der Waals surface area contributed by atoms with Crippen molar-refractivity contribution in [2.45, 2.75) is 26.5 Å². The topological polar surface area (TPSA) is 507 Å². The van der Waals surface area contributed by atoms with Crippen LogP contribution in [-0.2, 0) is 75.7 Å². The van der Waals surface area contributed by atoms with Crippen molar-refractivity contribution >= 4 is 155 Å². The first-order chi connectivity index (χ1) is 45.9. The summed E-state index contributed by atoms with van der Waals surface area (Å²) >= 11 is 0. The Morgan fingerprint density at radius 2 is 0.667 bits per heavy atom. The fourth-order valence-corrected chi connectivity index (χ4v) is 13.0. The van der Waals surface area contributed by atoms with Gasteiger partial charge >= 0.3 is 206 Å². The normalized spacial score (nSPS) is 11.5. The molecule has 9 N–H and O–H groups in total. The second kappa shape index (κ2) is 33.2. The zero-order valence-electron chi connectivity index (χ0n) is 55.3. The number of anilines is 10. The van der Waals surface area contributed by atoms with Crippen molar-refractivity contribution in [3.63, 3.8) is 0 Å². The Bertz CT molecular complexity index is 5730. The molecule has 0 radical (unpaired) electrons. The van der Waals surface area contributed by atoms with Crippen LogP contribution in [0.5, 0.6) is 0 Å². The summed E-state index contributed by atoms with van der Waals surface area (Å²) in [6, 6.07) is 18.5. The van der Waals surface area contributed by atoms with Crippen LogP contribution in [0, 0.1) is 6.92 Å². The van der Waals surface area contributed by atoms with Crippen LogP contribution in [0.2, 0.25) is 0 Å². The van der Waals surface area contributed by atoms with E-state index in [2.05, 4.69) is 62.5 Å². The molecule has 0 aliphatic carbocycles. The molecule has 506 valence electrons. The molecule has 0 atom stereocenters. The monoisotopic (exact) mass is 1570 g/mol. The predicted octanol–water partition coefficient (Wildman–Crippen LogP) is -6.86. The van der Waals surface area contributed by atoms with E-state index in [1.54, 1.807) is 34.3 Å². The molecule has 0 aliphatic heterocycles. The van der Waals surface area contributed by atoms with E-state index in [0.717, 1.165) is 24.3 Å². The van der Waals surface area contributed by atoms with Gasteiger partial charge in [0.25, 0.3) is 35.4 Å². The number of aryl methyl sites for hydroxylation is 6. The second-order valence-electron chi connectivity index (χ2n) is 22.0. The molecule has 11 rings (SSSR count). The van der Waals surface area contributed by atoms with Crippen molar-refractivity contribution in [3.05, 3.63) is 174 Å². The molecule has 7 heterocycles. The summed E-state index contributed by atoms with van der Waals surface area (Å²) in [5.74, 6) is -3.43. The van der Waals surface area contributed by atoms with Crippen LogP contribution in [0.15, 0.2) is 154 Å². The van der Waals surface area contributed by atoms with Gasteiger partial charge in [0.1, 0.15) is 80.5 Å². The van der Waals surface area contributed by atoms with Crippen molar-refractivity contribution in [2.75, 3.05) is 42.5 Å². The number of rotatable bonds is 20. The van der Waals surface area contributed by atoms with E-state index in [-0.39, 0.29) is 313 Å². The van der Waals surface area contributed by atoms with E-state index < -0.39 is 95.5 Å². The van der Waals surface area contributed by atoms with Crippen LogP contribution in [0.1, 0.15) is 68.8 Å². The van der Waals surface area contributed by atoms with Gasteiger partial charge in [-0.05, 0) is 103 Å². The molecule has 102 heavy (non-hydrogen) atoms. The molecule has 0 saturated heterocycles. The summed E-state index contributed by atoms with van der Waals surface area (Å²) in [7, 11) is -13.0. The molecule has 0 spiro atoms. The van der Waals surface area contributed by atoms with Gasteiger partial charge in [0.2, 0.25) is 11.9 Å². The second-order valence-corrected chi connectivity index (χ2v) is 27.4. The fraction of sp³-hybridized carbons (Fsp3) is 0.102. The Labute approximate surface area is 749 Å². The summed E-state index contributed by atoms with van der Waals surface area (Å²) in [6.07, 6.45) is 8.95. The predicted molar refractivity (Wildman–Crippen MR) is 346 cm³/mol. The van der Waals surface area contributed by atoms with Crippen molar-refractivity contribution in [3.8, 4) is 0 Å². The van der Waals surface area contributed by atoms with Crippen molar-refractivity contribution < 1.29 is 286 Å². The number of nitrogens with one attached hydrogen (secondary N) is 9. The third-order valence-electron chi connectivity index (χ3n) is 14.8. The smallest absolute Gasteiger partial charge is 0.744 e. The fourth-order valence-electron chi connectivity index (χ4n) is 10.4. The van der Waals surface area contributed by atoms with Gasteiger partial charge in [-0.25, -0.2) is 33.7 Å². The summed E-state index contributed by atoms with van der Waals surface area (Å²) in [6.45, 7) is 1.61. The molecule has 4 aromatic carbocycles. The van der Waals surface area contributed by atoms with E-state index >= 15 is 0 Å². The van der Waals surface area contributed by atoms with E-state index in [0.29, 0.717) is 23.5 Å². The number of fused-ring (bicyclic) bond motifs is 2. The molecule has 11 aromatic rings. The van der Waals surface area contributed by atoms with Crippen LogP contribution in [0.4, 0.5) is 57.4 Å². The number of aromatic nitrogens is 9. The Morgan fingerprint density at radius 3 is 1.00 bits per heavy atom. The maximum atomic E-state index is 13.7. The van der Waals surface area contributed by atoms with E-state index in [1.165, 1.54) is 129 Å². The quantitative estimate of drug-likeness (QED) is 0.0253. The minimum absolute atomic E-state index is 0. The number of aromatic amines is 1. The number of hydrogen-bond acceptors (Lipinski definition) is 23. The summed E-state index contributed by atoms with van der Waals surface area (Å²) in [4.78, 5) is 93.3. The number of H-pyrrole nitrogens is 1. The Kier molecular flexibility index (Phi) is 27.4. The number of benzene rings is 4. The van der Waals surface area contributed by atoms with Crippen LogP contribution in [0.3, 0.4) is 0 Å². The van der Waals surface area contributed by atoms with Crippen LogP contribution in [0.25, 0.3) is 21.5 Å². The largest absolute Gasteiger partial charge is 1.00 e. The van der Waals surface area contributed by atoms with E-state index in [1.807, 2.05) is 0 Å². The van der Waals surface area contributed by atoms with Gasteiger partial charge < -0.3 is 88.6 Å². The molecule has 35 nitrogen and oxygen atoms in total. The number of amides is 6. The average Bonchev–Trinajstić information content (AvgIpc) is 1.05. The van der Waals surface area contributed by atoms with Crippen molar-refractivity contribution in [1.82, 2.24) is 42.8 Å². The zero-order valence-corrected chi connectivity index (χ0v) is 71.0. The van der Waals surface area contributed by atoms with Crippen LogP contribution >= 0.6 is 0 Å². The Hall–Kier alpha value is -5.30. The Morgan fingerprint density at radius 1 is 0.363 bits per heavy atom. The SMILES string of the molecule is Cc1nc(Nc2c[nH]c(C(=O)Nc3cc(C(=O)Nc4ccc5cc(S(=O)(=O)[O-])cc(S(=O)(=O)[O-])c5c4)n(C)c3)c2)nc(Nc2cc(C(=O)Nc3cc(C(=O)Nc4cc(C(=O)Nc5cc(C(=O)Nc6ccc7cc(S(=O)(=O)[O-])cc(S(=O)(=O)[O-])c7c6)n(C)c5)n(C)c4)n(C)c3)n(C)c2)n1.[K+].[K+].[K+].[K+]. The Balaban J connectivity index is 0.00000364. The minimum Gasteiger partial charge on any atom is -0.744 e. The molecule has 0 bridgehead atoms. The molecular formula is C59H49K4N17O18S4. The zero-order chi connectivity index (χ0) is 70.8. The molecule has 6 amide bonds. The van der Waals surface area contributed by atoms with E-state index in [4.69, 9.17) is 0 Å². The molecular weight excluding hydrogens is 1520 g/mol. The molecule has 43 heteroatoms.